The van der Waals surface area contributed by atoms with Crippen molar-refractivity contribution < 1.29 is 18.0 Å². The molecule has 0 spiro atoms. The van der Waals surface area contributed by atoms with Crippen LogP contribution in [0.2, 0.25) is 0 Å². The molecule has 0 radical (unpaired) electrons. The fourth-order valence-corrected chi connectivity index (χ4v) is 1.97. The first-order valence-corrected chi connectivity index (χ1v) is 6.47. The van der Waals surface area contributed by atoms with E-state index in [0.717, 1.165) is 12.1 Å². The Balaban J connectivity index is 1.75. The van der Waals surface area contributed by atoms with Gasteiger partial charge in [-0.05, 0) is 30.3 Å². The number of nitrogens with zero attached hydrogens (tertiary/aromatic N) is 3. The second-order valence-electron chi connectivity index (χ2n) is 4.61. The van der Waals surface area contributed by atoms with E-state index in [1.807, 2.05) is 0 Å². The van der Waals surface area contributed by atoms with Crippen LogP contribution in [0.25, 0.3) is 11.2 Å². The molecule has 23 heavy (non-hydrogen) atoms. The van der Waals surface area contributed by atoms with Crippen molar-refractivity contribution in [2.24, 2.45) is 0 Å². The fourth-order valence-electron chi connectivity index (χ4n) is 1.97. The van der Waals surface area contributed by atoms with E-state index in [0.29, 0.717) is 11.2 Å². The third-order valence-corrected chi connectivity index (χ3v) is 2.98. The summed E-state index contributed by atoms with van der Waals surface area (Å²) in [6.45, 7) is 0. The maximum atomic E-state index is 12.6. The summed E-state index contributed by atoms with van der Waals surface area (Å²) < 4.78 is 39.2. The lowest BCUT2D eigenvalue weighted by Gasteiger charge is -2.11. The molecule has 3 rings (SSSR count). The van der Waals surface area contributed by atoms with Crippen molar-refractivity contribution >= 4 is 22.9 Å². The average Bonchev–Trinajstić information content (AvgIpc) is 2.90. The predicted molar refractivity (Wildman–Crippen MR) is 77.4 cm³/mol. The Bertz CT molecular complexity index is 859. The number of nitrogens with one attached hydrogen (secondary N) is 2. The minimum absolute atomic E-state index is 0.0229. The molecule has 0 saturated heterocycles. The summed E-state index contributed by atoms with van der Waals surface area (Å²) >= 11 is 0. The second-order valence-corrected chi connectivity index (χ2v) is 4.61. The van der Waals surface area contributed by atoms with E-state index in [4.69, 9.17) is 0 Å². The van der Waals surface area contributed by atoms with Crippen LogP contribution in [0, 0.1) is 0 Å². The van der Waals surface area contributed by atoms with Crippen molar-refractivity contribution in [3.8, 4) is 0 Å². The van der Waals surface area contributed by atoms with Crippen molar-refractivity contribution in [2.45, 2.75) is 6.18 Å². The molecular weight excluding hydrogens is 311 g/mol. The number of anilines is 1. The highest BCUT2D eigenvalue weighted by molar-refractivity contribution is 5.95. The van der Waals surface area contributed by atoms with E-state index in [1.54, 1.807) is 12.1 Å². The van der Waals surface area contributed by atoms with Crippen molar-refractivity contribution in [1.82, 2.24) is 14.6 Å². The summed E-state index contributed by atoms with van der Waals surface area (Å²) in [7, 11) is 0. The molecule has 0 atom stereocenters. The first-order chi connectivity index (χ1) is 10.9. The van der Waals surface area contributed by atoms with Crippen LogP contribution in [-0.4, -0.2) is 20.7 Å². The maximum absolute atomic E-state index is 12.6. The van der Waals surface area contributed by atoms with Crippen LogP contribution in [0.1, 0.15) is 5.56 Å². The smallest absolute Gasteiger partial charge is 0.307 e. The van der Waals surface area contributed by atoms with Crippen LogP contribution in [0.5, 0.6) is 0 Å². The van der Waals surface area contributed by atoms with Crippen LogP contribution in [0.15, 0.2) is 48.9 Å². The zero-order valence-electron chi connectivity index (χ0n) is 11.5. The van der Waals surface area contributed by atoms with Crippen molar-refractivity contribution in [1.29, 1.82) is 0 Å². The fraction of sp³-hybridized carbons (Fsp3) is 0.0714. The van der Waals surface area contributed by atoms with Gasteiger partial charge in [0.15, 0.2) is 5.65 Å². The molecule has 2 amide bonds. The standard InChI is InChI=1S/C14H10F3N5O/c15-14(16,17)9-3-1-4-10(7-9)20-13(23)21-22-8-19-11-5-2-6-18-12(11)22/h1-8H,(H2,20,21,23). The Morgan fingerprint density at radius 3 is 2.74 bits per heavy atom. The first kappa shape index (κ1) is 14.8. The van der Waals surface area contributed by atoms with Gasteiger partial charge in [-0.25, -0.2) is 24.9 Å². The zero-order chi connectivity index (χ0) is 16.4. The molecule has 0 aliphatic carbocycles. The van der Waals surface area contributed by atoms with Gasteiger partial charge in [0.1, 0.15) is 11.8 Å². The Hall–Kier alpha value is -3.10. The van der Waals surface area contributed by atoms with Crippen molar-refractivity contribution in [3.05, 3.63) is 54.5 Å². The summed E-state index contributed by atoms with van der Waals surface area (Å²) in [5, 5.41) is 2.33. The summed E-state index contributed by atoms with van der Waals surface area (Å²) in [5.41, 5.74) is 2.61. The number of benzene rings is 1. The molecule has 6 nitrogen and oxygen atoms in total. The molecule has 0 aliphatic heterocycles. The lowest BCUT2D eigenvalue weighted by Crippen LogP contribution is -2.27. The van der Waals surface area contributed by atoms with Crippen molar-refractivity contribution in [2.75, 3.05) is 10.7 Å². The molecule has 2 N–H and O–H groups in total. The van der Waals surface area contributed by atoms with Gasteiger partial charge in [-0.15, -0.1) is 0 Å². The van der Waals surface area contributed by atoms with Crippen molar-refractivity contribution in [3.63, 3.8) is 0 Å². The topological polar surface area (TPSA) is 71.8 Å². The van der Waals surface area contributed by atoms with Gasteiger partial charge >= 0.3 is 12.2 Å². The molecule has 2 heterocycles. The zero-order valence-corrected chi connectivity index (χ0v) is 11.5. The van der Waals surface area contributed by atoms with Crippen LogP contribution in [-0.2, 0) is 6.18 Å². The average molecular weight is 321 g/mol. The van der Waals surface area contributed by atoms with E-state index in [9.17, 15) is 18.0 Å². The third kappa shape index (κ3) is 3.23. The molecule has 9 heteroatoms. The van der Waals surface area contributed by atoms with E-state index < -0.39 is 17.8 Å². The SMILES string of the molecule is O=C(Nc1cccc(C(F)(F)F)c1)Nn1cnc2cccnc21. The molecule has 0 unspecified atom stereocenters. The summed E-state index contributed by atoms with van der Waals surface area (Å²) in [4.78, 5) is 20.0. The number of urea groups is 1. The van der Waals surface area contributed by atoms with Crippen LogP contribution >= 0.6 is 0 Å². The number of rotatable bonds is 2. The number of hydrogen-bond donors (Lipinski definition) is 2. The monoisotopic (exact) mass is 321 g/mol. The summed E-state index contributed by atoms with van der Waals surface area (Å²) in [6.07, 6.45) is -1.59. The third-order valence-electron chi connectivity index (χ3n) is 2.98. The van der Waals surface area contributed by atoms with Crippen LogP contribution in [0.3, 0.4) is 0 Å². The lowest BCUT2D eigenvalue weighted by atomic mass is 10.2. The number of carbonyl (C=O) groups excluding carboxylic acids is 1. The Morgan fingerprint density at radius 2 is 1.96 bits per heavy atom. The normalized spacial score (nSPS) is 11.4. The Labute approximate surface area is 127 Å². The van der Waals surface area contributed by atoms with Gasteiger partial charge in [0, 0.05) is 11.9 Å². The van der Waals surface area contributed by atoms with Crippen LogP contribution in [0.4, 0.5) is 23.7 Å². The summed E-state index contributed by atoms with van der Waals surface area (Å²) in [6, 6.07) is 7.05. The quantitative estimate of drug-likeness (QED) is 0.761. The van der Waals surface area contributed by atoms with Gasteiger partial charge in [0.2, 0.25) is 0 Å². The van der Waals surface area contributed by atoms with E-state index >= 15 is 0 Å². The van der Waals surface area contributed by atoms with E-state index in [2.05, 4.69) is 20.7 Å². The molecule has 2 aromatic heterocycles. The Kier molecular flexibility index (Phi) is 3.61. The molecule has 1 aromatic carbocycles. The number of pyridine rings is 1. The van der Waals surface area contributed by atoms with Gasteiger partial charge in [0.25, 0.3) is 0 Å². The molecule has 118 valence electrons. The number of halogens is 3. The maximum Gasteiger partial charge on any atom is 0.416 e. The number of alkyl halides is 3. The molecular formula is C14H10F3N5O. The molecule has 0 aliphatic rings. The predicted octanol–water partition coefficient (Wildman–Crippen LogP) is 3.23. The first-order valence-electron chi connectivity index (χ1n) is 6.47. The number of imidazole rings is 1. The highest BCUT2D eigenvalue weighted by atomic mass is 19.4. The van der Waals surface area contributed by atoms with Crippen LogP contribution < -0.4 is 10.7 Å². The number of amides is 2. The number of carbonyl (C=O) groups is 1. The molecule has 0 bridgehead atoms. The van der Waals surface area contributed by atoms with Gasteiger partial charge in [-0.3, -0.25) is 0 Å². The highest BCUT2D eigenvalue weighted by Gasteiger charge is 2.30. The highest BCUT2D eigenvalue weighted by Crippen LogP contribution is 2.30. The summed E-state index contributed by atoms with van der Waals surface area (Å²) in [5.74, 6) is 0. The minimum Gasteiger partial charge on any atom is -0.307 e. The molecule has 3 aromatic rings. The van der Waals surface area contributed by atoms with Gasteiger partial charge in [-0.2, -0.15) is 13.2 Å². The van der Waals surface area contributed by atoms with Gasteiger partial charge < -0.3 is 5.32 Å². The van der Waals surface area contributed by atoms with Gasteiger partial charge in [-0.1, -0.05) is 6.07 Å². The largest absolute Gasteiger partial charge is 0.416 e. The van der Waals surface area contributed by atoms with Gasteiger partial charge in [0.05, 0.1) is 5.56 Å². The number of aromatic nitrogens is 3. The lowest BCUT2D eigenvalue weighted by molar-refractivity contribution is -0.137. The molecule has 0 saturated carbocycles. The number of fused-ring (bicyclic) bond motifs is 1. The minimum atomic E-state index is -4.47. The van der Waals surface area contributed by atoms with E-state index in [1.165, 1.54) is 29.3 Å². The van der Waals surface area contributed by atoms with E-state index in [-0.39, 0.29) is 5.69 Å². The molecule has 0 fully saturated rings. The Morgan fingerprint density at radius 1 is 1.13 bits per heavy atom. The second kappa shape index (κ2) is 5.59. The number of hydrogen-bond acceptors (Lipinski definition) is 3.